The second-order valence-corrected chi connectivity index (χ2v) is 6.04. The van der Waals surface area contributed by atoms with Gasteiger partial charge >= 0.3 is 0 Å². The Kier molecular flexibility index (Phi) is 3.39. The summed E-state index contributed by atoms with van der Waals surface area (Å²) in [5, 5.41) is 11.9. The molecule has 3 rings (SSSR count). The van der Waals surface area contributed by atoms with Gasteiger partial charge < -0.3 is 5.73 Å². The number of rotatable bonds is 4. The quantitative estimate of drug-likeness (QED) is 0.879. The number of aromatic nitrogens is 4. The summed E-state index contributed by atoms with van der Waals surface area (Å²) in [6.45, 7) is 4.64. The van der Waals surface area contributed by atoms with E-state index >= 15 is 0 Å². The zero-order valence-electron chi connectivity index (χ0n) is 12.4. The number of benzene rings is 1. The predicted molar refractivity (Wildman–Crippen MR) is 78.9 cm³/mol. The lowest BCUT2D eigenvalue weighted by Gasteiger charge is -2.41. The molecule has 0 amide bonds. The van der Waals surface area contributed by atoms with Crippen LogP contribution in [0.25, 0.3) is 11.4 Å². The fourth-order valence-corrected chi connectivity index (χ4v) is 2.97. The second-order valence-electron chi connectivity index (χ2n) is 6.04. The first-order valence-electron chi connectivity index (χ1n) is 7.37. The van der Waals surface area contributed by atoms with Crippen LogP contribution in [0.4, 0.5) is 10.1 Å². The van der Waals surface area contributed by atoms with Gasteiger partial charge in [0.15, 0.2) is 5.82 Å². The van der Waals surface area contributed by atoms with Gasteiger partial charge in [-0.3, -0.25) is 0 Å². The third-order valence-corrected chi connectivity index (χ3v) is 4.82. The lowest BCUT2D eigenvalue weighted by Crippen LogP contribution is -2.34. The molecule has 0 aliphatic heterocycles. The van der Waals surface area contributed by atoms with Crippen LogP contribution in [-0.4, -0.2) is 20.2 Å². The Hall–Kier alpha value is -1.98. The van der Waals surface area contributed by atoms with E-state index in [4.69, 9.17) is 5.73 Å². The molecule has 2 aromatic rings. The molecule has 112 valence electrons. The smallest absolute Gasteiger partial charge is 0.182 e. The Morgan fingerprint density at radius 2 is 2.14 bits per heavy atom. The topological polar surface area (TPSA) is 69.6 Å². The molecule has 1 fully saturated rings. The van der Waals surface area contributed by atoms with E-state index in [0.717, 1.165) is 13.0 Å². The largest absolute Gasteiger partial charge is 0.398 e. The van der Waals surface area contributed by atoms with Crippen molar-refractivity contribution >= 4 is 5.69 Å². The number of nitrogens with two attached hydrogens (primary N) is 1. The first-order chi connectivity index (χ1) is 10.0. The average Bonchev–Trinajstić information content (AvgIpc) is 2.87. The van der Waals surface area contributed by atoms with Crippen LogP contribution in [0.15, 0.2) is 12.1 Å². The van der Waals surface area contributed by atoms with Crippen molar-refractivity contribution < 1.29 is 4.39 Å². The maximum atomic E-state index is 13.9. The van der Waals surface area contributed by atoms with E-state index in [1.807, 2.05) is 0 Å². The molecule has 0 saturated heterocycles. The fourth-order valence-electron chi connectivity index (χ4n) is 2.97. The van der Waals surface area contributed by atoms with Gasteiger partial charge in [-0.05, 0) is 54.2 Å². The lowest BCUT2D eigenvalue weighted by atomic mass is 9.67. The molecule has 6 heteroatoms. The Labute approximate surface area is 123 Å². The molecule has 0 atom stereocenters. The van der Waals surface area contributed by atoms with E-state index < -0.39 is 0 Å². The minimum absolute atomic E-state index is 0.291. The first kappa shape index (κ1) is 14.0. The molecule has 5 nitrogen and oxygen atoms in total. The van der Waals surface area contributed by atoms with Crippen molar-refractivity contribution in [3.05, 3.63) is 23.5 Å². The number of anilines is 1. The molecule has 1 aliphatic rings. The number of hydrogen-bond donors (Lipinski definition) is 1. The highest BCUT2D eigenvalue weighted by Crippen LogP contribution is 2.45. The molecular weight excluding hydrogens is 269 g/mol. The van der Waals surface area contributed by atoms with E-state index in [1.54, 1.807) is 17.7 Å². The molecular formula is C15H20FN5. The molecule has 1 saturated carbocycles. The minimum atomic E-state index is -0.326. The zero-order chi connectivity index (χ0) is 15.0. The summed E-state index contributed by atoms with van der Waals surface area (Å²) in [6, 6.07) is 3.19. The normalized spacial score (nSPS) is 16.7. The molecule has 1 heterocycles. The van der Waals surface area contributed by atoms with Crippen LogP contribution < -0.4 is 5.73 Å². The van der Waals surface area contributed by atoms with Crippen LogP contribution in [0.5, 0.6) is 0 Å². The van der Waals surface area contributed by atoms with Gasteiger partial charge in [-0.1, -0.05) is 13.3 Å². The van der Waals surface area contributed by atoms with Gasteiger partial charge in [0.25, 0.3) is 0 Å². The van der Waals surface area contributed by atoms with Crippen molar-refractivity contribution in [2.75, 3.05) is 5.73 Å². The molecule has 1 aromatic heterocycles. The van der Waals surface area contributed by atoms with Gasteiger partial charge in [0.05, 0.1) is 6.54 Å². The van der Waals surface area contributed by atoms with Gasteiger partial charge in [-0.25, -0.2) is 9.07 Å². The van der Waals surface area contributed by atoms with Crippen molar-refractivity contribution in [2.45, 2.75) is 46.1 Å². The van der Waals surface area contributed by atoms with Crippen LogP contribution >= 0.6 is 0 Å². The van der Waals surface area contributed by atoms with E-state index in [2.05, 4.69) is 22.4 Å². The standard InChI is InChI=1S/C15H20FN5/c1-3-15(5-4-6-15)9-21-14(18-19-20-21)11-7-12(16)10(2)13(17)8-11/h7-8H,3-6,9,17H2,1-2H3. The molecule has 0 bridgehead atoms. The van der Waals surface area contributed by atoms with Gasteiger partial charge in [-0.15, -0.1) is 5.10 Å². The highest BCUT2D eigenvalue weighted by Gasteiger charge is 2.36. The second kappa shape index (κ2) is 5.09. The summed E-state index contributed by atoms with van der Waals surface area (Å²) in [7, 11) is 0. The van der Waals surface area contributed by atoms with Gasteiger partial charge in [0.1, 0.15) is 5.82 Å². The molecule has 1 aromatic carbocycles. The molecule has 1 aliphatic carbocycles. The van der Waals surface area contributed by atoms with Gasteiger partial charge in [-0.2, -0.15) is 0 Å². The number of nitrogens with zero attached hydrogens (tertiary/aromatic N) is 4. The Balaban J connectivity index is 1.95. The van der Waals surface area contributed by atoms with Crippen LogP contribution in [-0.2, 0) is 6.54 Å². The van der Waals surface area contributed by atoms with Crippen molar-refractivity contribution in [2.24, 2.45) is 5.41 Å². The number of halogens is 1. The highest BCUT2D eigenvalue weighted by atomic mass is 19.1. The summed E-state index contributed by atoms with van der Waals surface area (Å²) in [5.41, 5.74) is 7.66. The first-order valence-corrected chi connectivity index (χ1v) is 7.37. The number of tetrazole rings is 1. The van der Waals surface area contributed by atoms with E-state index in [-0.39, 0.29) is 5.82 Å². The summed E-state index contributed by atoms with van der Waals surface area (Å²) < 4.78 is 15.7. The van der Waals surface area contributed by atoms with E-state index in [1.165, 1.54) is 25.3 Å². The fraction of sp³-hybridized carbons (Fsp3) is 0.533. The maximum Gasteiger partial charge on any atom is 0.182 e. The molecule has 0 spiro atoms. The molecule has 21 heavy (non-hydrogen) atoms. The van der Waals surface area contributed by atoms with Crippen molar-refractivity contribution in [1.82, 2.24) is 20.2 Å². The zero-order valence-corrected chi connectivity index (χ0v) is 12.4. The molecule has 2 N–H and O–H groups in total. The third-order valence-electron chi connectivity index (χ3n) is 4.82. The molecule has 0 radical (unpaired) electrons. The highest BCUT2D eigenvalue weighted by molar-refractivity contribution is 5.63. The third kappa shape index (κ3) is 2.39. The summed E-state index contributed by atoms with van der Waals surface area (Å²) in [6.07, 6.45) is 4.77. The summed E-state index contributed by atoms with van der Waals surface area (Å²) >= 11 is 0. The van der Waals surface area contributed by atoms with Gasteiger partial charge in [0.2, 0.25) is 0 Å². The van der Waals surface area contributed by atoms with E-state index in [9.17, 15) is 4.39 Å². The summed E-state index contributed by atoms with van der Waals surface area (Å²) in [4.78, 5) is 0. The SMILES string of the molecule is CCC1(Cn2nnnc2-c2cc(N)c(C)c(F)c2)CCC1. The van der Waals surface area contributed by atoms with Gasteiger partial charge in [0, 0.05) is 16.8 Å². The molecule has 0 unspecified atom stereocenters. The van der Waals surface area contributed by atoms with E-state index in [0.29, 0.717) is 28.1 Å². The van der Waals surface area contributed by atoms with Crippen LogP contribution in [0, 0.1) is 18.2 Å². The monoisotopic (exact) mass is 289 g/mol. The van der Waals surface area contributed by atoms with Crippen LogP contribution in [0.1, 0.15) is 38.2 Å². The van der Waals surface area contributed by atoms with Crippen molar-refractivity contribution in [1.29, 1.82) is 0 Å². The van der Waals surface area contributed by atoms with Crippen LogP contribution in [0.3, 0.4) is 0 Å². The Bertz CT molecular complexity index is 631. The van der Waals surface area contributed by atoms with Crippen molar-refractivity contribution in [3.63, 3.8) is 0 Å². The number of nitrogen functional groups attached to an aromatic ring is 1. The summed E-state index contributed by atoms with van der Waals surface area (Å²) in [5.74, 6) is 0.258. The Morgan fingerprint density at radius 3 is 2.71 bits per heavy atom. The Morgan fingerprint density at radius 1 is 1.38 bits per heavy atom. The maximum absolute atomic E-state index is 13.9. The van der Waals surface area contributed by atoms with Crippen molar-refractivity contribution in [3.8, 4) is 11.4 Å². The lowest BCUT2D eigenvalue weighted by molar-refractivity contribution is 0.0948. The number of hydrogen-bond acceptors (Lipinski definition) is 4. The predicted octanol–water partition coefficient (Wildman–Crippen LogP) is 2.95. The van der Waals surface area contributed by atoms with Crippen LogP contribution in [0.2, 0.25) is 0 Å². The minimum Gasteiger partial charge on any atom is -0.398 e. The average molecular weight is 289 g/mol.